The number of benzene rings is 1. The Morgan fingerprint density at radius 3 is 2.25 bits per heavy atom. The smallest absolute Gasteiger partial charge is 0.310 e. The van der Waals surface area contributed by atoms with E-state index < -0.39 is 21.8 Å². The minimum absolute atomic E-state index is 0.125. The molecule has 0 saturated heterocycles. The Labute approximate surface area is 116 Å². The monoisotopic (exact) mass is 310 g/mol. The topological polar surface area (TPSA) is 72.2 Å². The fourth-order valence-electron chi connectivity index (χ4n) is 1.67. The van der Waals surface area contributed by atoms with Gasteiger partial charge >= 0.3 is 6.18 Å². The molecule has 1 rings (SSSR count). The van der Waals surface area contributed by atoms with Crippen molar-refractivity contribution >= 4 is 10.0 Å². The quantitative estimate of drug-likeness (QED) is 0.790. The molecule has 1 atom stereocenters. The molecule has 0 amide bonds. The summed E-state index contributed by atoms with van der Waals surface area (Å²) in [5.41, 5.74) is 0.0104. The third kappa shape index (κ3) is 5.89. The first-order chi connectivity index (χ1) is 9.09. The zero-order chi connectivity index (χ0) is 15.4. The number of alkyl halides is 3. The maximum atomic E-state index is 12.4. The fourth-order valence-corrected chi connectivity index (χ4v) is 2.22. The van der Waals surface area contributed by atoms with Crippen LogP contribution < -0.4 is 10.5 Å². The van der Waals surface area contributed by atoms with Crippen LogP contribution >= 0.6 is 0 Å². The van der Waals surface area contributed by atoms with Crippen LogP contribution in [0.1, 0.15) is 30.5 Å². The summed E-state index contributed by atoms with van der Waals surface area (Å²) in [6, 6.07) is 4.69. The van der Waals surface area contributed by atoms with Crippen LogP contribution in [-0.4, -0.2) is 20.7 Å². The average Bonchev–Trinajstić information content (AvgIpc) is 2.32. The van der Waals surface area contributed by atoms with Crippen molar-refractivity contribution in [3.63, 3.8) is 0 Å². The van der Waals surface area contributed by atoms with Gasteiger partial charge in [0.05, 0.1) is 11.3 Å². The minimum Gasteiger partial charge on any atom is -0.310 e. The molecule has 0 aromatic heterocycles. The van der Waals surface area contributed by atoms with Gasteiger partial charge < -0.3 is 5.32 Å². The van der Waals surface area contributed by atoms with E-state index in [1.54, 1.807) is 6.92 Å². The highest BCUT2D eigenvalue weighted by atomic mass is 32.2. The fraction of sp³-hybridized carbons (Fsp3) is 0.500. The van der Waals surface area contributed by atoms with Gasteiger partial charge in [0.1, 0.15) is 0 Å². The standard InChI is InChI=1S/C12H17F3N2O2S/c1-9(17-7-2-8-20(16,18)19)10-3-5-11(6-4-10)12(13,14)15/h3-6,9,17H,2,7-8H2,1H3,(H2,16,18,19). The number of sulfonamides is 1. The molecule has 1 unspecified atom stereocenters. The molecule has 0 aliphatic carbocycles. The molecule has 0 aliphatic rings. The molecule has 0 aliphatic heterocycles. The zero-order valence-corrected chi connectivity index (χ0v) is 11.8. The van der Waals surface area contributed by atoms with Crippen LogP contribution in [0.15, 0.2) is 24.3 Å². The molecule has 3 N–H and O–H groups in total. The summed E-state index contributed by atoms with van der Waals surface area (Å²) in [6.45, 7) is 2.21. The number of halogens is 3. The lowest BCUT2D eigenvalue weighted by Crippen LogP contribution is -2.24. The molecule has 1 aromatic carbocycles. The average molecular weight is 310 g/mol. The minimum atomic E-state index is -4.34. The van der Waals surface area contributed by atoms with Gasteiger partial charge in [-0.25, -0.2) is 13.6 Å². The second-order valence-corrected chi connectivity index (χ2v) is 6.25. The Kier molecular flexibility index (Phi) is 5.55. The van der Waals surface area contributed by atoms with Gasteiger partial charge in [0, 0.05) is 6.04 Å². The van der Waals surface area contributed by atoms with Gasteiger partial charge in [-0.15, -0.1) is 0 Å². The van der Waals surface area contributed by atoms with Gasteiger partial charge in [0.25, 0.3) is 0 Å². The van der Waals surface area contributed by atoms with Crippen molar-refractivity contribution in [3.8, 4) is 0 Å². The van der Waals surface area contributed by atoms with Crippen molar-refractivity contribution in [2.24, 2.45) is 5.14 Å². The lowest BCUT2D eigenvalue weighted by Gasteiger charge is -2.15. The van der Waals surface area contributed by atoms with Crippen molar-refractivity contribution in [1.82, 2.24) is 5.32 Å². The molecule has 0 radical (unpaired) electrons. The molecular weight excluding hydrogens is 293 g/mol. The number of hydrogen-bond acceptors (Lipinski definition) is 3. The van der Waals surface area contributed by atoms with E-state index in [0.717, 1.165) is 12.1 Å². The SMILES string of the molecule is CC(NCCCS(N)(=O)=O)c1ccc(C(F)(F)F)cc1. The first-order valence-electron chi connectivity index (χ1n) is 6.00. The molecule has 0 fully saturated rings. The van der Waals surface area contributed by atoms with Crippen LogP contribution in [0.25, 0.3) is 0 Å². The van der Waals surface area contributed by atoms with Crippen LogP contribution in [0, 0.1) is 0 Å². The molecule has 0 saturated carbocycles. The molecule has 8 heteroatoms. The second kappa shape index (κ2) is 6.55. The summed E-state index contributed by atoms with van der Waals surface area (Å²) in [4.78, 5) is 0. The summed E-state index contributed by atoms with van der Waals surface area (Å²) in [6.07, 6.45) is -3.99. The van der Waals surface area contributed by atoms with E-state index in [0.29, 0.717) is 18.5 Å². The Balaban J connectivity index is 2.50. The highest BCUT2D eigenvalue weighted by molar-refractivity contribution is 7.89. The second-order valence-electron chi connectivity index (χ2n) is 4.52. The normalized spacial score (nSPS) is 14.2. The maximum Gasteiger partial charge on any atom is 0.416 e. The van der Waals surface area contributed by atoms with E-state index in [2.05, 4.69) is 5.32 Å². The zero-order valence-electron chi connectivity index (χ0n) is 10.9. The van der Waals surface area contributed by atoms with E-state index >= 15 is 0 Å². The summed E-state index contributed by atoms with van der Waals surface area (Å²) >= 11 is 0. The lowest BCUT2D eigenvalue weighted by atomic mass is 10.1. The van der Waals surface area contributed by atoms with E-state index in [1.807, 2.05) is 0 Å². The number of primary sulfonamides is 1. The van der Waals surface area contributed by atoms with Gasteiger partial charge in [0.2, 0.25) is 10.0 Å². The molecule has 114 valence electrons. The van der Waals surface area contributed by atoms with Gasteiger partial charge in [-0.1, -0.05) is 12.1 Å². The number of hydrogen-bond donors (Lipinski definition) is 2. The Morgan fingerprint density at radius 1 is 1.25 bits per heavy atom. The number of rotatable bonds is 6. The molecule has 4 nitrogen and oxygen atoms in total. The van der Waals surface area contributed by atoms with Gasteiger partial charge in [-0.05, 0) is 37.6 Å². The van der Waals surface area contributed by atoms with Crippen molar-refractivity contribution in [1.29, 1.82) is 0 Å². The van der Waals surface area contributed by atoms with Gasteiger partial charge in [-0.2, -0.15) is 13.2 Å². The largest absolute Gasteiger partial charge is 0.416 e. The van der Waals surface area contributed by atoms with Crippen molar-refractivity contribution in [2.75, 3.05) is 12.3 Å². The predicted molar refractivity (Wildman–Crippen MR) is 70.5 cm³/mol. The first-order valence-corrected chi connectivity index (χ1v) is 7.72. The van der Waals surface area contributed by atoms with E-state index in [-0.39, 0.29) is 11.8 Å². The van der Waals surface area contributed by atoms with Crippen LogP contribution in [0.5, 0.6) is 0 Å². The van der Waals surface area contributed by atoms with Crippen LogP contribution in [0.2, 0.25) is 0 Å². The van der Waals surface area contributed by atoms with Crippen LogP contribution in [0.3, 0.4) is 0 Å². The third-order valence-electron chi connectivity index (χ3n) is 2.79. The van der Waals surface area contributed by atoms with E-state index in [9.17, 15) is 21.6 Å². The summed E-state index contributed by atoms with van der Waals surface area (Å²) in [5.74, 6) is -0.125. The molecule has 0 bridgehead atoms. The predicted octanol–water partition coefficient (Wildman–Crippen LogP) is 2.03. The Bertz CT molecular complexity index is 527. The van der Waals surface area contributed by atoms with Crippen LogP contribution in [-0.2, 0) is 16.2 Å². The number of nitrogens with two attached hydrogens (primary N) is 1. The van der Waals surface area contributed by atoms with Gasteiger partial charge in [-0.3, -0.25) is 0 Å². The molecule has 0 spiro atoms. The molecular formula is C12H17F3N2O2S. The van der Waals surface area contributed by atoms with E-state index in [1.165, 1.54) is 12.1 Å². The summed E-state index contributed by atoms with van der Waals surface area (Å²) < 4.78 is 58.6. The van der Waals surface area contributed by atoms with E-state index in [4.69, 9.17) is 5.14 Å². The van der Waals surface area contributed by atoms with Crippen molar-refractivity contribution < 1.29 is 21.6 Å². The van der Waals surface area contributed by atoms with Crippen molar-refractivity contribution in [3.05, 3.63) is 35.4 Å². The van der Waals surface area contributed by atoms with Crippen molar-refractivity contribution in [2.45, 2.75) is 25.6 Å². The van der Waals surface area contributed by atoms with Crippen LogP contribution in [0.4, 0.5) is 13.2 Å². The highest BCUT2D eigenvalue weighted by Crippen LogP contribution is 2.29. The number of nitrogens with one attached hydrogen (secondary N) is 1. The Morgan fingerprint density at radius 2 is 1.80 bits per heavy atom. The first kappa shape index (κ1) is 16.9. The molecule has 0 heterocycles. The Hall–Kier alpha value is -1.12. The highest BCUT2D eigenvalue weighted by Gasteiger charge is 2.30. The summed E-state index contributed by atoms with van der Waals surface area (Å²) in [5, 5.41) is 7.89. The molecule has 20 heavy (non-hydrogen) atoms. The summed E-state index contributed by atoms with van der Waals surface area (Å²) in [7, 11) is -3.47. The maximum absolute atomic E-state index is 12.4. The lowest BCUT2D eigenvalue weighted by molar-refractivity contribution is -0.137. The van der Waals surface area contributed by atoms with Gasteiger partial charge in [0.15, 0.2) is 0 Å². The third-order valence-corrected chi connectivity index (χ3v) is 3.65. The molecule has 1 aromatic rings.